The highest BCUT2D eigenvalue weighted by Gasteiger charge is 2.37. The summed E-state index contributed by atoms with van der Waals surface area (Å²) in [5, 5.41) is 17.8. The highest BCUT2D eigenvalue weighted by Crippen LogP contribution is 2.36. The van der Waals surface area contributed by atoms with Crippen molar-refractivity contribution in [2.75, 3.05) is 7.11 Å². The molecule has 19 heavy (non-hydrogen) atoms. The maximum atomic E-state index is 13.0. The molecular weight excluding hydrogens is 263 g/mol. The first-order chi connectivity index (χ1) is 8.85. The van der Waals surface area contributed by atoms with Gasteiger partial charge in [-0.3, -0.25) is 4.79 Å². The Hall–Kier alpha value is -2.07. The van der Waals surface area contributed by atoms with Crippen molar-refractivity contribution in [2.24, 2.45) is 0 Å². The number of nitriles is 1. The Morgan fingerprint density at radius 1 is 1.42 bits per heavy atom. The second-order valence-corrected chi connectivity index (χ2v) is 3.65. The maximum absolute atomic E-state index is 13.0. The Labute approximate surface area is 107 Å². The van der Waals surface area contributed by atoms with Gasteiger partial charge in [0.15, 0.2) is 0 Å². The average molecular weight is 273 g/mol. The van der Waals surface area contributed by atoms with Gasteiger partial charge in [-0.15, -0.1) is 0 Å². The molecule has 0 heterocycles. The van der Waals surface area contributed by atoms with Gasteiger partial charge in [0.25, 0.3) is 0 Å². The molecule has 0 unspecified atom stereocenters. The minimum atomic E-state index is -4.79. The number of hydrogen-bond donors (Lipinski definition) is 1. The molecule has 0 saturated carbocycles. The van der Waals surface area contributed by atoms with Gasteiger partial charge in [-0.2, -0.15) is 18.4 Å². The fraction of sp³-hybridized carbons (Fsp3) is 0.333. The standard InChI is InChI=1S/C12H10F3NO3/c1-19-10(18)4-7-2-3-8(6-17)9(5-16)11(7)12(13,14)15/h2-3,17H,4,6H2,1H3. The lowest BCUT2D eigenvalue weighted by molar-refractivity contribution is -0.141. The highest BCUT2D eigenvalue weighted by molar-refractivity contribution is 5.73. The molecule has 102 valence electrons. The van der Waals surface area contributed by atoms with Crippen molar-refractivity contribution in [3.8, 4) is 6.07 Å². The maximum Gasteiger partial charge on any atom is 0.417 e. The molecular formula is C12H10F3NO3. The first kappa shape index (κ1) is 15.0. The van der Waals surface area contributed by atoms with E-state index in [0.29, 0.717) is 0 Å². The van der Waals surface area contributed by atoms with E-state index in [1.165, 1.54) is 12.1 Å². The molecule has 7 heteroatoms. The molecule has 0 aliphatic carbocycles. The van der Waals surface area contributed by atoms with E-state index in [4.69, 9.17) is 10.4 Å². The number of ether oxygens (including phenoxy) is 1. The zero-order valence-electron chi connectivity index (χ0n) is 9.91. The Morgan fingerprint density at radius 2 is 2.00 bits per heavy atom. The van der Waals surface area contributed by atoms with Crippen LogP contribution in [0.3, 0.4) is 0 Å². The van der Waals surface area contributed by atoms with Gasteiger partial charge in [0.1, 0.15) is 6.07 Å². The predicted octanol–water partition coefficient (Wildman–Crippen LogP) is 1.78. The Morgan fingerprint density at radius 3 is 2.42 bits per heavy atom. The second-order valence-electron chi connectivity index (χ2n) is 3.65. The van der Waals surface area contributed by atoms with Crippen molar-refractivity contribution in [1.29, 1.82) is 5.26 Å². The van der Waals surface area contributed by atoms with Crippen LogP contribution >= 0.6 is 0 Å². The summed E-state index contributed by atoms with van der Waals surface area (Å²) in [6.45, 7) is -0.690. The molecule has 0 amide bonds. The minimum absolute atomic E-state index is 0.136. The van der Waals surface area contributed by atoms with Crippen LogP contribution in [-0.2, 0) is 28.7 Å². The quantitative estimate of drug-likeness (QED) is 0.852. The Kier molecular flexibility index (Phi) is 4.51. The first-order valence-electron chi connectivity index (χ1n) is 5.14. The van der Waals surface area contributed by atoms with Gasteiger partial charge in [-0.05, 0) is 11.1 Å². The van der Waals surface area contributed by atoms with E-state index in [1.807, 2.05) is 0 Å². The van der Waals surface area contributed by atoms with Crippen molar-refractivity contribution in [2.45, 2.75) is 19.2 Å². The number of halogens is 3. The molecule has 1 aromatic rings. The number of aliphatic hydroxyl groups is 1. The molecule has 0 atom stereocenters. The number of alkyl halides is 3. The number of rotatable bonds is 3. The molecule has 0 fully saturated rings. The Balaban J connectivity index is 3.49. The van der Waals surface area contributed by atoms with Crippen molar-refractivity contribution < 1.29 is 27.8 Å². The predicted molar refractivity (Wildman–Crippen MR) is 57.8 cm³/mol. The van der Waals surface area contributed by atoms with Crippen molar-refractivity contribution >= 4 is 5.97 Å². The van der Waals surface area contributed by atoms with Crippen LogP contribution in [0.15, 0.2) is 12.1 Å². The molecule has 0 aliphatic heterocycles. The first-order valence-corrected chi connectivity index (χ1v) is 5.14. The van der Waals surface area contributed by atoms with Crippen LogP contribution in [0.5, 0.6) is 0 Å². The lowest BCUT2D eigenvalue weighted by Gasteiger charge is -2.16. The summed E-state index contributed by atoms with van der Waals surface area (Å²) in [4.78, 5) is 11.1. The molecule has 1 N–H and O–H groups in total. The fourth-order valence-corrected chi connectivity index (χ4v) is 1.65. The molecule has 0 aromatic heterocycles. The summed E-state index contributed by atoms with van der Waals surface area (Å²) in [5.41, 5.74) is -2.36. The fourth-order valence-electron chi connectivity index (χ4n) is 1.65. The zero-order valence-corrected chi connectivity index (χ0v) is 9.91. The van der Waals surface area contributed by atoms with Crippen molar-refractivity contribution in [3.05, 3.63) is 34.4 Å². The number of esters is 1. The molecule has 1 rings (SSSR count). The lowest BCUT2D eigenvalue weighted by Crippen LogP contribution is -2.16. The van der Waals surface area contributed by atoms with E-state index < -0.39 is 36.3 Å². The summed E-state index contributed by atoms with van der Waals surface area (Å²) in [7, 11) is 1.06. The van der Waals surface area contributed by atoms with Crippen LogP contribution in [-0.4, -0.2) is 18.2 Å². The minimum Gasteiger partial charge on any atom is -0.469 e. The number of carbonyl (C=O) groups is 1. The summed E-state index contributed by atoms with van der Waals surface area (Å²) in [5.74, 6) is -0.842. The van der Waals surface area contributed by atoms with E-state index in [2.05, 4.69) is 4.74 Å². The zero-order chi connectivity index (χ0) is 14.6. The van der Waals surface area contributed by atoms with Gasteiger partial charge >= 0.3 is 12.1 Å². The third kappa shape index (κ3) is 3.23. The van der Waals surface area contributed by atoms with E-state index in [0.717, 1.165) is 13.2 Å². The summed E-state index contributed by atoms with van der Waals surface area (Å²) in [6.07, 6.45) is -5.38. The summed E-state index contributed by atoms with van der Waals surface area (Å²) < 4.78 is 43.3. The van der Waals surface area contributed by atoms with Crippen LogP contribution < -0.4 is 0 Å². The average Bonchev–Trinajstić information content (AvgIpc) is 2.36. The van der Waals surface area contributed by atoms with Crippen LogP contribution in [0, 0.1) is 11.3 Å². The van der Waals surface area contributed by atoms with Crippen molar-refractivity contribution in [3.63, 3.8) is 0 Å². The highest BCUT2D eigenvalue weighted by atomic mass is 19.4. The second kappa shape index (κ2) is 5.71. The van der Waals surface area contributed by atoms with Gasteiger partial charge in [-0.25, -0.2) is 0 Å². The third-order valence-corrected chi connectivity index (χ3v) is 2.51. The number of aliphatic hydroxyl groups excluding tert-OH is 1. The molecule has 1 aromatic carbocycles. The summed E-state index contributed by atoms with van der Waals surface area (Å²) in [6, 6.07) is 3.67. The van der Waals surface area contributed by atoms with Gasteiger partial charge in [0, 0.05) is 0 Å². The molecule has 0 saturated heterocycles. The van der Waals surface area contributed by atoms with Gasteiger partial charge in [0.2, 0.25) is 0 Å². The molecule has 0 spiro atoms. The smallest absolute Gasteiger partial charge is 0.417 e. The number of benzene rings is 1. The van der Waals surface area contributed by atoms with Crippen LogP contribution in [0.25, 0.3) is 0 Å². The van der Waals surface area contributed by atoms with E-state index in [1.54, 1.807) is 0 Å². The number of hydrogen-bond acceptors (Lipinski definition) is 4. The van der Waals surface area contributed by atoms with Crippen LogP contribution in [0.2, 0.25) is 0 Å². The molecule has 0 bridgehead atoms. The lowest BCUT2D eigenvalue weighted by atomic mass is 9.94. The van der Waals surface area contributed by atoms with Gasteiger partial charge in [0.05, 0.1) is 31.3 Å². The van der Waals surface area contributed by atoms with E-state index in [9.17, 15) is 18.0 Å². The van der Waals surface area contributed by atoms with Gasteiger partial charge in [-0.1, -0.05) is 12.1 Å². The molecule has 4 nitrogen and oxygen atoms in total. The molecule has 0 aliphatic rings. The van der Waals surface area contributed by atoms with Crippen molar-refractivity contribution in [1.82, 2.24) is 0 Å². The number of nitrogens with zero attached hydrogens (tertiary/aromatic N) is 1. The monoisotopic (exact) mass is 273 g/mol. The summed E-state index contributed by atoms with van der Waals surface area (Å²) >= 11 is 0. The third-order valence-electron chi connectivity index (χ3n) is 2.51. The number of carbonyl (C=O) groups excluding carboxylic acids is 1. The number of methoxy groups -OCH3 is 1. The topological polar surface area (TPSA) is 70.3 Å². The Bertz CT molecular complexity index is 532. The van der Waals surface area contributed by atoms with Crippen LogP contribution in [0.1, 0.15) is 22.3 Å². The largest absolute Gasteiger partial charge is 0.469 e. The van der Waals surface area contributed by atoms with E-state index >= 15 is 0 Å². The molecule has 0 radical (unpaired) electrons. The van der Waals surface area contributed by atoms with Crippen LogP contribution in [0.4, 0.5) is 13.2 Å². The normalized spacial score (nSPS) is 10.9. The van der Waals surface area contributed by atoms with Gasteiger partial charge < -0.3 is 9.84 Å². The SMILES string of the molecule is COC(=O)Cc1ccc(CO)c(C#N)c1C(F)(F)F. The van der Waals surface area contributed by atoms with E-state index in [-0.39, 0.29) is 11.1 Å².